The number of carbonyl (C=O) groups excluding carboxylic acids is 2. The lowest BCUT2D eigenvalue weighted by atomic mass is 9.66. The normalized spacial score (nSPS) is 22.4. The van der Waals surface area contributed by atoms with Gasteiger partial charge in [0.25, 0.3) is 0 Å². The Balaban J connectivity index is 1.58. The molecule has 40 heavy (non-hydrogen) atoms. The van der Waals surface area contributed by atoms with Crippen molar-refractivity contribution in [3.05, 3.63) is 60.4 Å². The summed E-state index contributed by atoms with van der Waals surface area (Å²) in [6.45, 7) is 6.10. The highest BCUT2D eigenvalue weighted by molar-refractivity contribution is 14.1. The molecule has 1 aromatic carbocycles. The summed E-state index contributed by atoms with van der Waals surface area (Å²) in [7, 11) is 1.52. The molecule has 0 spiro atoms. The number of carbonyl (C=O) groups is 2. The molecule has 2 amide bonds. The van der Waals surface area contributed by atoms with Gasteiger partial charge in [0.15, 0.2) is 11.5 Å². The summed E-state index contributed by atoms with van der Waals surface area (Å²) in [6.07, 6.45) is 3.48. The van der Waals surface area contributed by atoms with Crippen LogP contribution in [-0.4, -0.2) is 51.9 Å². The lowest BCUT2D eigenvalue weighted by molar-refractivity contribution is -0.140. The second-order valence-corrected chi connectivity index (χ2v) is 13.1. The van der Waals surface area contributed by atoms with E-state index in [1.165, 1.54) is 23.3 Å². The zero-order valence-electron chi connectivity index (χ0n) is 23.4. The van der Waals surface area contributed by atoms with Crippen molar-refractivity contribution >= 4 is 51.8 Å². The van der Waals surface area contributed by atoms with Crippen LogP contribution in [0.3, 0.4) is 0 Å². The zero-order valence-corrected chi connectivity index (χ0v) is 26.4. The summed E-state index contributed by atoms with van der Waals surface area (Å²) < 4.78 is 5.99. The first-order chi connectivity index (χ1) is 19.1. The van der Waals surface area contributed by atoms with Crippen molar-refractivity contribution in [2.75, 3.05) is 13.7 Å². The van der Waals surface area contributed by atoms with Gasteiger partial charge >= 0.3 is 0 Å². The summed E-state index contributed by atoms with van der Waals surface area (Å²) in [4.78, 5) is 29.3. The quantitative estimate of drug-likeness (QED) is 0.158. The summed E-state index contributed by atoms with van der Waals surface area (Å²) >= 11 is 3.58. The lowest BCUT2D eigenvalue weighted by Gasteiger charge is -2.38. The Morgan fingerprint density at radius 3 is 2.62 bits per heavy atom. The van der Waals surface area contributed by atoms with E-state index in [-0.39, 0.29) is 36.6 Å². The summed E-state index contributed by atoms with van der Waals surface area (Å²) in [6, 6.07) is 7.49. The van der Waals surface area contributed by atoms with Gasteiger partial charge in [-0.05, 0) is 88.9 Å². The van der Waals surface area contributed by atoms with Crippen LogP contribution in [0, 0.1) is 27.2 Å². The maximum Gasteiger partial charge on any atom is 0.234 e. The second kappa shape index (κ2) is 13.2. The first-order valence-corrected chi connectivity index (χ1v) is 15.7. The Bertz CT molecular complexity index is 1300. The van der Waals surface area contributed by atoms with Crippen molar-refractivity contribution in [3.8, 4) is 11.5 Å². The summed E-state index contributed by atoms with van der Waals surface area (Å²) in [5.74, 6) is -1.58. The van der Waals surface area contributed by atoms with Gasteiger partial charge < -0.3 is 20.1 Å². The van der Waals surface area contributed by atoms with E-state index in [4.69, 9.17) is 4.74 Å². The Kier molecular flexibility index (Phi) is 10.1. The number of aromatic hydroxyl groups is 1. The predicted molar refractivity (Wildman–Crippen MR) is 165 cm³/mol. The van der Waals surface area contributed by atoms with E-state index in [9.17, 15) is 24.9 Å². The highest BCUT2D eigenvalue weighted by Crippen LogP contribution is 2.48. The molecule has 4 atom stereocenters. The predicted octanol–water partition coefficient (Wildman–Crippen LogP) is 5.77. The molecule has 2 aliphatic rings. The number of rotatable bonds is 11. The molecule has 1 saturated heterocycles. The van der Waals surface area contributed by atoms with Gasteiger partial charge in [0, 0.05) is 10.8 Å². The van der Waals surface area contributed by atoms with Gasteiger partial charge in [-0.2, -0.15) is 0 Å². The zero-order chi connectivity index (χ0) is 29.1. The van der Waals surface area contributed by atoms with Crippen molar-refractivity contribution in [3.63, 3.8) is 0 Å². The molecule has 216 valence electrons. The average Bonchev–Trinajstić information content (AvgIpc) is 3.54. The first-order valence-electron chi connectivity index (χ1n) is 13.8. The number of ether oxygens (including phenoxy) is 1. The highest BCUT2D eigenvalue weighted by atomic mass is 127. The number of allylic oxidation sites excluding steroid dienone is 2. The Morgan fingerprint density at radius 1 is 1.27 bits per heavy atom. The molecule has 9 heteroatoms. The van der Waals surface area contributed by atoms with Crippen LogP contribution in [0.2, 0.25) is 0 Å². The van der Waals surface area contributed by atoms with E-state index in [1.54, 1.807) is 6.07 Å². The number of benzene rings is 1. The number of aliphatic hydroxyl groups excluding tert-OH is 2. The number of hydrogen-bond donors (Lipinski definition) is 3. The fraction of sp³-hybridized carbons (Fsp3) is 0.484. The Labute approximate surface area is 253 Å². The Hall–Kier alpha value is -2.21. The van der Waals surface area contributed by atoms with E-state index < -0.39 is 23.9 Å². The smallest absolute Gasteiger partial charge is 0.234 e. The molecule has 0 bridgehead atoms. The third-order valence-corrected chi connectivity index (χ3v) is 9.88. The second-order valence-electron chi connectivity index (χ2n) is 10.9. The van der Waals surface area contributed by atoms with Gasteiger partial charge in [0.1, 0.15) is 0 Å². The van der Waals surface area contributed by atoms with Crippen LogP contribution in [0.1, 0.15) is 56.9 Å². The van der Waals surface area contributed by atoms with Crippen molar-refractivity contribution in [1.82, 2.24) is 4.90 Å². The maximum atomic E-state index is 13.6. The molecule has 0 saturated carbocycles. The molecule has 2 aromatic rings. The largest absolute Gasteiger partial charge is 0.504 e. The van der Waals surface area contributed by atoms with Crippen molar-refractivity contribution in [2.45, 2.75) is 59.1 Å². The fourth-order valence-electron chi connectivity index (χ4n) is 6.12. The third kappa shape index (κ3) is 6.17. The van der Waals surface area contributed by atoms with Crippen molar-refractivity contribution in [1.29, 1.82) is 0 Å². The maximum absolute atomic E-state index is 13.6. The molecule has 0 radical (unpaired) electrons. The van der Waals surface area contributed by atoms with E-state index in [0.29, 0.717) is 28.6 Å². The fourth-order valence-corrected chi connectivity index (χ4v) is 7.44. The molecule has 4 rings (SSSR count). The molecule has 1 aliphatic heterocycles. The summed E-state index contributed by atoms with van der Waals surface area (Å²) in [5.41, 5.74) is 3.74. The number of amides is 2. The van der Waals surface area contributed by atoms with Gasteiger partial charge in [0.05, 0.1) is 41.8 Å². The third-order valence-electron chi connectivity index (χ3n) is 8.19. The monoisotopic (exact) mass is 679 g/mol. The number of likely N-dealkylation sites (tertiary alicyclic amines) is 1. The molecule has 0 unspecified atom stereocenters. The molecule has 3 N–H and O–H groups in total. The van der Waals surface area contributed by atoms with Crippen LogP contribution in [0.15, 0.2) is 46.4 Å². The van der Waals surface area contributed by atoms with Crippen LogP contribution in [0.5, 0.6) is 11.5 Å². The minimum atomic E-state index is -0.839. The van der Waals surface area contributed by atoms with Crippen LogP contribution < -0.4 is 4.74 Å². The average molecular weight is 680 g/mol. The van der Waals surface area contributed by atoms with Crippen LogP contribution >= 0.6 is 33.9 Å². The van der Waals surface area contributed by atoms with E-state index >= 15 is 0 Å². The van der Waals surface area contributed by atoms with Gasteiger partial charge in [-0.3, -0.25) is 14.5 Å². The van der Waals surface area contributed by atoms with E-state index in [0.717, 1.165) is 33.6 Å². The standard InChI is InChI=1S/C31H38INO6S/c1-5-18(11-19-12-24(32)29(36)26(13-19)39-4)8-9-25(35)27-21(17(2)3)14-22-28(23(27)16-34)31(38)33(30(22)37)15-20-7-6-10-40-20/h6-7,10-13,17,22-23,25,28,34-36H,5,8-9,14-16H2,1-4H3/b18-11+/t22-,23+,25-,28-/m1/s1. The number of phenolic OH excluding ortho intramolecular Hbond substituents is 1. The minimum absolute atomic E-state index is 0.0709. The molecule has 1 fully saturated rings. The van der Waals surface area contributed by atoms with Crippen LogP contribution in [-0.2, 0) is 16.1 Å². The highest BCUT2D eigenvalue weighted by Gasteiger charge is 2.55. The van der Waals surface area contributed by atoms with Crippen LogP contribution in [0.4, 0.5) is 0 Å². The van der Waals surface area contributed by atoms with Crippen LogP contribution in [0.25, 0.3) is 6.08 Å². The topological polar surface area (TPSA) is 107 Å². The Morgan fingerprint density at radius 2 is 2.02 bits per heavy atom. The molecule has 7 nitrogen and oxygen atoms in total. The number of methoxy groups -OCH3 is 1. The van der Waals surface area contributed by atoms with Crippen molar-refractivity contribution in [2.24, 2.45) is 23.7 Å². The van der Waals surface area contributed by atoms with Gasteiger partial charge in [0.2, 0.25) is 11.8 Å². The van der Waals surface area contributed by atoms with E-state index in [2.05, 4.69) is 35.6 Å². The molecular weight excluding hydrogens is 641 g/mol. The number of imide groups is 1. The molecule has 2 heterocycles. The first kappa shape index (κ1) is 30.7. The number of phenols is 1. The minimum Gasteiger partial charge on any atom is -0.504 e. The lowest BCUT2D eigenvalue weighted by Crippen LogP contribution is -2.39. The number of thiophene rings is 1. The van der Waals surface area contributed by atoms with Gasteiger partial charge in [-0.1, -0.05) is 44.1 Å². The van der Waals surface area contributed by atoms with E-state index in [1.807, 2.05) is 37.4 Å². The van der Waals surface area contributed by atoms with Gasteiger partial charge in [-0.25, -0.2) is 0 Å². The number of fused-ring (bicyclic) bond motifs is 1. The molecular formula is C31H38INO6S. The molecule has 1 aromatic heterocycles. The number of halogens is 1. The number of nitrogens with zero attached hydrogens (tertiary/aromatic N) is 1. The molecule has 1 aliphatic carbocycles. The summed E-state index contributed by atoms with van der Waals surface area (Å²) in [5, 5.41) is 34.2. The van der Waals surface area contributed by atoms with Gasteiger partial charge in [-0.15, -0.1) is 11.3 Å². The number of hydrogen-bond acceptors (Lipinski definition) is 7. The SMILES string of the molecule is CC/C(=C\c1cc(I)c(O)c(OC)c1)CC[C@@H](O)C1=C(C(C)C)C[C@H]2C(=O)N(Cc3cccs3)C(=O)[C@H]2[C@H]1CO. The van der Waals surface area contributed by atoms with Crippen molar-refractivity contribution < 1.29 is 29.6 Å². The number of aliphatic hydroxyl groups is 2.